The number of carbonyl (C=O) groups excluding carboxylic acids is 1. The first-order chi connectivity index (χ1) is 7.31. The number of Topliss-reactive ketones (excluding diaryl/α,β-unsaturated/α-hetero) is 1. The molecule has 0 unspecified atom stereocenters. The Morgan fingerprint density at radius 2 is 2.27 bits per heavy atom. The fourth-order valence-electron chi connectivity index (χ4n) is 1.52. The maximum absolute atomic E-state index is 11.8. The molecule has 0 spiro atoms. The van der Waals surface area contributed by atoms with Crippen molar-refractivity contribution in [2.45, 2.75) is 6.42 Å². The van der Waals surface area contributed by atoms with Crippen LogP contribution in [0.5, 0.6) is 5.88 Å². The molecule has 1 saturated heterocycles. The molecular weight excluding hydrogens is 194 g/mol. The minimum absolute atomic E-state index is 0.00597. The fourth-order valence-corrected chi connectivity index (χ4v) is 1.52. The van der Waals surface area contributed by atoms with E-state index in [9.17, 15) is 4.79 Å². The summed E-state index contributed by atoms with van der Waals surface area (Å²) in [6.07, 6.45) is 3.54. The SMILES string of the molecule is COc1nccnc1C(=O)CC1CNC1. The van der Waals surface area contributed by atoms with Crippen molar-refractivity contribution in [3.63, 3.8) is 0 Å². The summed E-state index contributed by atoms with van der Waals surface area (Å²) in [4.78, 5) is 19.8. The molecule has 5 nitrogen and oxygen atoms in total. The zero-order valence-corrected chi connectivity index (χ0v) is 8.56. The van der Waals surface area contributed by atoms with E-state index in [-0.39, 0.29) is 5.78 Å². The first kappa shape index (κ1) is 10.0. The highest BCUT2D eigenvalue weighted by Crippen LogP contribution is 2.17. The van der Waals surface area contributed by atoms with E-state index in [0.717, 1.165) is 13.1 Å². The predicted octanol–water partition coefficient (Wildman–Crippen LogP) is 0.277. The molecule has 0 radical (unpaired) electrons. The Morgan fingerprint density at radius 1 is 1.53 bits per heavy atom. The number of rotatable bonds is 4. The van der Waals surface area contributed by atoms with Crippen molar-refractivity contribution in [2.75, 3.05) is 20.2 Å². The van der Waals surface area contributed by atoms with Gasteiger partial charge in [0, 0.05) is 18.8 Å². The first-order valence-electron chi connectivity index (χ1n) is 4.90. The lowest BCUT2D eigenvalue weighted by atomic mass is 9.96. The van der Waals surface area contributed by atoms with Gasteiger partial charge in [0.2, 0.25) is 5.88 Å². The van der Waals surface area contributed by atoms with Gasteiger partial charge in [-0.3, -0.25) is 4.79 Å². The van der Waals surface area contributed by atoms with Crippen LogP contribution < -0.4 is 10.1 Å². The Kier molecular flexibility index (Phi) is 2.91. The van der Waals surface area contributed by atoms with Gasteiger partial charge < -0.3 is 10.1 Å². The summed E-state index contributed by atoms with van der Waals surface area (Å²) in [5, 5.41) is 3.13. The molecule has 0 bridgehead atoms. The van der Waals surface area contributed by atoms with E-state index in [2.05, 4.69) is 15.3 Å². The van der Waals surface area contributed by atoms with Crippen LogP contribution in [-0.2, 0) is 0 Å². The van der Waals surface area contributed by atoms with Crippen LogP contribution in [0, 0.1) is 5.92 Å². The van der Waals surface area contributed by atoms with Crippen LogP contribution >= 0.6 is 0 Å². The minimum Gasteiger partial charge on any atom is -0.479 e. The van der Waals surface area contributed by atoms with Crippen molar-refractivity contribution >= 4 is 5.78 Å². The number of nitrogens with one attached hydrogen (secondary N) is 1. The average Bonchev–Trinajstić information content (AvgIpc) is 2.23. The summed E-state index contributed by atoms with van der Waals surface area (Å²) < 4.78 is 4.99. The smallest absolute Gasteiger partial charge is 0.243 e. The van der Waals surface area contributed by atoms with Gasteiger partial charge in [-0.2, -0.15) is 0 Å². The summed E-state index contributed by atoms with van der Waals surface area (Å²) in [7, 11) is 1.49. The monoisotopic (exact) mass is 207 g/mol. The summed E-state index contributed by atoms with van der Waals surface area (Å²) >= 11 is 0. The second-order valence-electron chi connectivity index (χ2n) is 3.57. The van der Waals surface area contributed by atoms with Gasteiger partial charge in [-0.15, -0.1) is 0 Å². The lowest BCUT2D eigenvalue weighted by molar-refractivity contribution is 0.0936. The van der Waals surface area contributed by atoms with Crippen molar-refractivity contribution in [3.05, 3.63) is 18.1 Å². The third-order valence-electron chi connectivity index (χ3n) is 2.46. The number of hydrogen-bond acceptors (Lipinski definition) is 5. The minimum atomic E-state index is 0.00597. The molecule has 1 aromatic heterocycles. The third-order valence-corrected chi connectivity index (χ3v) is 2.46. The lowest BCUT2D eigenvalue weighted by Gasteiger charge is -2.26. The van der Waals surface area contributed by atoms with Gasteiger partial charge in [-0.05, 0) is 19.0 Å². The van der Waals surface area contributed by atoms with Crippen molar-refractivity contribution in [1.29, 1.82) is 0 Å². The highest BCUT2D eigenvalue weighted by molar-refractivity contribution is 5.96. The maximum Gasteiger partial charge on any atom is 0.243 e. The van der Waals surface area contributed by atoms with Crippen molar-refractivity contribution in [2.24, 2.45) is 5.92 Å². The summed E-state index contributed by atoms with van der Waals surface area (Å²) in [5.41, 5.74) is 0.340. The van der Waals surface area contributed by atoms with Gasteiger partial charge in [0.05, 0.1) is 7.11 Å². The molecule has 5 heteroatoms. The van der Waals surface area contributed by atoms with E-state index < -0.39 is 0 Å². The molecule has 1 N–H and O–H groups in total. The average molecular weight is 207 g/mol. The summed E-state index contributed by atoms with van der Waals surface area (Å²) in [5.74, 6) is 0.755. The maximum atomic E-state index is 11.8. The van der Waals surface area contributed by atoms with Crippen LogP contribution in [0.25, 0.3) is 0 Å². The Morgan fingerprint density at radius 3 is 2.87 bits per heavy atom. The second-order valence-corrected chi connectivity index (χ2v) is 3.57. The van der Waals surface area contributed by atoms with Crippen LogP contribution in [0.4, 0.5) is 0 Å². The Hall–Kier alpha value is -1.49. The number of hydrogen-bond donors (Lipinski definition) is 1. The normalized spacial score (nSPS) is 15.8. The first-order valence-corrected chi connectivity index (χ1v) is 4.90. The van der Waals surface area contributed by atoms with Gasteiger partial charge >= 0.3 is 0 Å². The van der Waals surface area contributed by atoms with Gasteiger partial charge in [0.15, 0.2) is 11.5 Å². The van der Waals surface area contributed by atoms with Crippen molar-refractivity contribution in [3.8, 4) is 5.88 Å². The van der Waals surface area contributed by atoms with E-state index >= 15 is 0 Å². The van der Waals surface area contributed by atoms with Crippen molar-refractivity contribution < 1.29 is 9.53 Å². The molecule has 80 valence electrons. The van der Waals surface area contributed by atoms with Gasteiger partial charge in [-0.25, -0.2) is 9.97 Å². The second kappa shape index (κ2) is 4.35. The molecule has 0 atom stereocenters. The number of methoxy groups -OCH3 is 1. The van der Waals surface area contributed by atoms with E-state index in [1.165, 1.54) is 19.5 Å². The molecule has 0 amide bonds. The van der Waals surface area contributed by atoms with Crippen molar-refractivity contribution in [1.82, 2.24) is 15.3 Å². The molecule has 2 heterocycles. The summed E-state index contributed by atoms with van der Waals surface area (Å²) in [6.45, 7) is 1.82. The molecule has 1 aliphatic rings. The molecule has 0 saturated carbocycles. The van der Waals surface area contributed by atoms with Gasteiger partial charge in [0.1, 0.15) is 0 Å². The third kappa shape index (κ3) is 2.12. The molecule has 0 aromatic carbocycles. The molecule has 1 aliphatic heterocycles. The van der Waals surface area contributed by atoms with Crippen LogP contribution in [0.15, 0.2) is 12.4 Å². The van der Waals surface area contributed by atoms with Gasteiger partial charge in [-0.1, -0.05) is 0 Å². The number of carbonyl (C=O) groups is 1. The highest BCUT2D eigenvalue weighted by atomic mass is 16.5. The van der Waals surface area contributed by atoms with Crippen LogP contribution in [0.3, 0.4) is 0 Å². The van der Waals surface area contributed by atoms with E-state index in [0.29, 0.717) is 23.9 Å². The molecule has 1 aromatic rings. The van der Waals surface area contributed by atoms with E-state index in [1.54, 1.807) is 0 Å². The fraction of sp³-hybridized carbons (Fsp3) is 0.500. The molecule has 1 fully saturated rings. The van der Waals surface area contributed by atoms with E-state index in [4.69, 9.17) is 4.74 Å². The number of aromatic nitrogens is 2. The Labute approximate surface area is 87.9 Å². The van der Waals surface area contributed by atoms with Crippen LogP contribution in [-0.4, -0.2) is 36.0 Å². The molecule has 0 aliphatic carbocycles. The molecule has 15 heavy (non-hydrogen) atoms. The quantitative estimate of drug-likeness (QED) is 0.718. The zero-order chi connectivity index (χ0) is 10.7. The van der Waals surface area contributed by atoms with Gasteiger partial charge in [0.25, 0.3) is 0 Å². The lowest BCUT2D eigenvalue weighted by Crippen LogP contribution is -2.43. The molecule has 2 rings (SSSR count). The predicted molar refractivity (Wildman–Crippen MR) is 53.9 cm³/mol. The zero-order valence-electron chi connectivity index (χ0n) is 8.56. The Balaban J connectivity index is 2.09. The van der Waals surface area contributed by atoms with Crippen LogP contribution in [0.1, 0.15) is 16.9 Å². The highest BCUT2D eigenvalue weighted by Gasteiger charge is 2.23. The topological polar surface area (TPSA) is 64.1 Å². The Bertz CT molecular complexity index is 363. The number of ether oxygens (including phenoxy) is 1. The molecular formula is C10H13N3O2. The van der Waals surface area contributed by atoms with Crippen LogP contribution in [0.2, 0.25) is 0 Å². The summed E-state index contributed by atoms with van der Waals surface area (Å²) in [6, 6.07) is 0. The number of nitrogens with zero attached hydrogens (tertiary/aromatic N) is 2. The number of ketones is 1. The standard InChI is InChI=1S/C10H13N3O2/c1-15-10-9(12-2-3-13-10)8(14)4-7-5-11-6-7/h2-3,7,11H,4-6H2,1H3. The largest absolute Gasteiger partial charge is 0.479 e. The van der Waals surface area contributed by atoms with E-state index in [1.807, 2.05) is 0 Å².